The van der Waals surface area contributed by atoms with Crippen LogP contribution < -0.4 is 24.7 Å². The molecule has 0 atom stereocenters. The Morgan fingerprint density at radius 3 is 1.04 bits per heavy atom. The average Bonchev–Trinajstić information content (AvgIpc) is 1.73. The van der Waals surface area contributed by atoms with E-state index in [1.807, 2.05) is 0 Å². The van der Waals surface area contributed by atoms with Crippen molar-refractivity contribution in [2.24, 2.45) is 0 Å². The second-order valence-electron chi connectivity index (χ2n) is 2.71. The van der Waals surface area contributed by atoms with Crippen LogP contribution in [0.4, 0.5) is 0 Å². The molecule has 0 aliphatic rings. The number of carbonyl (C=O) groups is 1. The van der Waals surface area contributed by atoms with Gasteiger partial charge in [-0.25, -0.2) is 0 Å². The predicted molar refractivity (Wildman–Crippen MR) is 75.5 cm³/mol. The SMILES string of the molecule is O.O.O.O.O=C([O-])CN(CP(=O)([O-])[O-])CP(=O)([O-])[O-].[Ni+3].[OH3+].[OH3+].[OH3+].[OH3+].[OH3+]. The summed E-state index contributed by atoms with van der Waals surface area (Å²) in [6.45, 7) is -1.12. The van der Waals surface area contributed by atoms with E-state index in [0.717, 1.165) is 0 Å². The molecule has 21 heteroatoms. The maximum atomic E-state index is 10.2. The van der Waals surface area contributed by atoms with Crippen molar-refractivity contribution in [3.8, 4) is 0 Å². The summed E-state index contributed by atoms with van der Waals surface area (Å²) < 4.78 is 20.5. The Balaban J connectivity index is -0.0000000218. The minimum Gasteiger partial charge on any atom is -0.810 e. The molecule has 0 rings (SSSR count). The average molecular weight is 484 g/mol. The zero-order chi connectivity index (χ0) is 12.3. The first-order valence-corrected chi connectivity index (χ1v) is 6.89. The molecule has 18 nitrogen and oxygen atoms in total. The van der Waals surface area contributed by atoms with Crippen molar-refractivity contribution >= 4 is 21.2 Å². The van der Waals surface area contributed by atoms with Gasteiger partial charge in [0.05, 0.1) is 5.97 Å². The fraction of sp³-hybridized carbons (Fsp3) is 0.750. The van der Waals surface area contributed by atoms with Crippen LogP contribution in [-0.2, 0) is 57.8 Å². The fourth-order valence-electron chi connectivity index (χ4n) is 0.817. The Bertz CT molecular complexity index is 305. The molecule has 0 aliphatic carbocycles. The second kappa shape index (κ2) is 28.7. The Morgan fingerprint density at radius 1 is 0.720 bits per heavy atom. The zero-order valence-corrected chi connectivity index (χ0v) is 15.2. The standard InChI is InChI=1S/C4H11NO8P2.Ni.9H2O/c6-4(7)1-5(2-14(8,9)10)3-15(11,12)13;;;;;;;;;;/h1-3H2,(H,6,7)(H2,8,9,10)(H2,11,12,13);;9*1H2/q;+3;;;;;;;;;. The molecule has 169 valence electrons. The number of carboxylic acids is 1. The monoisotopic (exact) mass is 483 g/mol. The molecule has 0 saturated heterocycles. The van der Waals surface area contributed by atoms with Gasteiger partial charge in [0, 0.05) is 19.1 Å². The summed E-state index contributed by atoms with van der Waals surface area (Å²) in [4.78, 5) is 51.1. The number of carbonyl (C=O) groups excluding carboxylic acids is 1. The molecule has 1 radical (unpaired) electrons. The third-order valence-electron chi connectivity index (χ3n) is 1.10. The zero-order valence-electron chi connectivity index (χ0n) is 12.4. The van der Waals surface area contributed by atoms with E-state index in [0.29, 0.717) is 0 Å². The van der Waals surface area contributed by atoms with Gasteiger partial charge >= 0.3 is 16.5 Å². The van der Waals surface area contributed by atoms with Crippen LogP contribution in [0.5, 0.6) is 0 Å². The third kappa shape index (κ3) is 59.4. The maximum Gasteiger partial charge on any atom is 3.00 e. The molecule has 0 heterocycles. The van der Waals surface area contributed by atoms with Gasteiger partial charge < -0.3 is 87.9 Å². The van der Waals surface area contributed by atoms with Gasteiger partial charge in [0.25, 0.3) is 0 Å². The third-order valence-corrected chi connectivity index (χ3v) is 2.59. The Kier molecular flexibility index (Phi) is 84.4. The van der Waals surface area contributed by atoms with E-state index >= 15 is 0 Å². The summed E-state index contributed by atoms with van der Waals surface area (Å²) in [5.74, 6) is -1.79. The minimum absolute atomic E-state index is 0. The van der Waals surface area contributed by atoms with E-state index < -0.39 is 40.3 Å². The van der Waals surface area contributed by atoms with Crippen LogP contribution in [0.25, 0.3) is 0 Å². The molecule has 0 spiro atoms. The summed E-state index contributed by atoms with van der Waals surface area (Å²) in [7, 11) is -10.3. The van der Waals surface area contributed by atoms with Crippen LogP contribution in [0.3, 0.4) is 0 Å². The largest absolute Gasteiger partial charge is 3.00 e. The van der Waals surface area contributed by atoms with Crippen LogP contribution in [0.2, 0.25) is 0 Å². The summed E-state index contributed by atoms with van der Waals surface area (Å²) in [6.07, 6.45) is -2.70. The molecule has 0 amide bonds. The molecule has 0 aromatic heterocycles. The molecule has 0 saturated carbocycles. The van der Waals surface area contributed by atoms with Crippen LogP contribution in [0.1, 0.15) is 0 Å². The molecule has 0 fully saturated rings. The summed E-state index contributed by atoms with van der Waals surface area (Å²) in [5.41, 5.74) is 0. The molecule has 0 aliphatic heterocycles. The van der Waals surface area contributed by atoms with Gasteiger partial charge in [0.15, 0.2) is 0 Å². The van der Waals surface area contributed by atoms with Gasteiger partial charge in [0.1, 0.15) is 0 Å². The molecule has 25 heavy (non-hydrogen) atoms. The van der Waals surface area contributed by atoms with Gasteiger partial charge in [-0.15, -0.1) is 0 Å². The minimum atomic E-state index is -5.13. The van der Waals surface area contributed by atoms with Crippen molar-refractivity contribution in [2.75, 3.05) is 19.1 Å². The molecule has 0 unspecified atom stereocenters. The van der Waals surface area contributed by atoms with Crippen molar-refractivity contribution in [3.63, 3.8) is 0 Å². The van der Waals surface area contributed by atoms with E-state index in [1.165, 1.54) is 0 Å². The molecular formula is C4H29NNiO17P2+3. The van der Waals surface area contributed by atoms with E-state index in [1.54, 1.807) is 0 Å². The smallest absolute Gasteiger partial charge is 0.810 e. The summed E-state index contributed by atoms with van der Waals surface area (Å²) >= 11 is 0. The molecule has 23 N–H and O–H groups in total. The first-order valence-electron chi connectivity index (χ1n) is 3.44. The van der Waals surface area contributed by atoms with Gasteiger partial charge in [-0.1, -0.05) is 15.2 Å². The Hall–Kier alpha value is -0.136. The first kappa shape index (κ1) is 73.7. The maximum absolute atomic E-state index is 10.2. The molecule has 0 bridgehead atoms. The molecule has 0 aromatic carbocycles. The van der Waals surface area contributed by atoms with Gasteiger partial charge in [0.2, 0.25) is 0 Å². The van der Waals surface area contributed by atoms with Gasteiger partial charge in [-0.05, 0) is 0 Å². The van der Waals surface area contributed by atoms with Crippen molar-refractivity contribution < 1.29 is 104 Å². The number of nitrogens with zero attached hydrogens (tertiary/aromatic N) is 1. The number of hydrogen-bond acceptors (Lipinski definition) is 9. The number of rotatable bonds is 6. The van der Waals surface area contributed by atoms with Crippen molar-refractivity contribution in [2.45, 2.75) is 0 Å². The predicted octanol–water partition coefficient (Wildman–Crippen LogP) is -13.1. The Labute approximate surface area is 150 Å². The summed E-state index contributed by atoms with van der Waals surface area (Å²) in [6, 6.07) is 0. The molecular weight excluding hydrogens is 455 g/mol. The number of carboxylic acid groups (broad SMARTS) is 1. The quantitative estimate of drug-likeness (QED) is 0.196. The van der Waals surface area contributed by atoms with Gasteiger partial charge in [-0.2, -0.15) is 0 Å². The van der Waals surface area contributed by atoms with E-state index in [-0.39, 0.29) is 70.7 Å². The van der Waals surface area contributed by atoms with Crippen molar-refractivity contribution in [1.29, 1.82) is 0 Å². The number of aliphatic carboxylic acids is 1. The molecule has 0 aromatic rings. The van der Waals surface area contributed by atoms with E-state index in [2.05, 4.69) is 0 Å². The second-order valence-corrected chi connectivity index (χ2v) is 5.71. The van der Waals surface area contributed by atoms with E-state index in [9.17, 15) is 38.6 Å². The first-order chi connectivity index (χ1) is 6.49. The topological polar surface area (TPSA) is 461 Å². The van der Waals surface area contributed by atoms with Crippen LogP contribution in [0, 0.1) is 0 Å². The number of hydrogen-bond donors (Lipinski definition) is 0. The fourth-order valence-corrected chi connectivity index (χ4v) is 2.35. The van der Waals surface area contributed by atoms with E-state index in [4.69, 9.17) is 0 Å². The van der Waals surface area contributed by atoms with Gasteiger partial charge in [-0.3, -0.25) is 4.90 Å². The van der Waals surface area contributed by atoms with Crippen molar-refractivity contribution in [1.82, 2.24) is 4.90 Å². The summed E-state index contributed by atoms with van der Waals surface area (Å²) in [5, 5.41) is 10.0. The van der Waals surface area contributed by atoms with Crippen LogP contribution in [-0.4, -0.2) is 51.9 Å². The van der Waals surface area contributed by atoms with Crippen LogP contribution >= 0.6 is 15.2 Å². The normalized spacial score (nSPS) is 7.88. The van der Waals surface area contributed by atoms with Crippen LogP contribution in [0.15, 0.2) is 0 Å². The Morgan fingerprint density at radius 2 is 0.920 bits per heavy atom. The van der Waals surface area contributed by atoms with Crippen molar-refractivity contribution in [3.05, 3.63) is 0 Å².